The molecule has 2 saturated carbocycles. The van der Waals surface area contributed by atoms with Crippen LogP contribution >= 0.6 is 0 Å². The maximum absolute atomic E-state index is 6.32. The van der Waals surface area contributed by atoms with Crippen molar-refractivity contribution in [2.75, 3.05) is 0 Å². The van der Waals surface area contributed by atoms with E-state index in [9.17, 15) is 0 Å². The third-order valence-electron chi connectivity index (χ3n) is 4.94. The molecule has 3 atom stereocenters. The van der Waals surface area contributed by atoms with Gasteiger partial charge in [-0.2, -0.15) is 0 Å². The van der Waals surface area contributed by atoms with Crippen LogP contribution in [0, 0.1) is 23.7 Å². The van der Waals surface area contributed by atoms with E-state index >= 15 is 0 Å². The van der Waals surface area contributed by atoms with Crippen LogP contribution in [0.5, 0.6) is 0 Å². The first-order chi connectivity index (χ1) is 7.18. The Balaban J connectivity index is 1.95. The van der Waals surface area contributed by atoms with Gasteiger partial charge in [-0.15, -0.1) is 0 Å². The average molecular weight is 209 g/mol. The molecule has 2 aliphatic carbocycles. The molecule has 2 fully saturated rings. The summed E-state index contributed by atoms with van der Waals surface area (Å²) >= 11 is 0. The Morgan fingerprint density at radius 3 is 2.27 bits per heavy atom. The fraction of sp³-hybridized carbons (Fsp3) is 1.00. The molecule has 1 heteroatoms. The Morgan fingerprint density at radius 1 is 1.00 bits per heavy atom. The van der Waals surface area contributed by atoms with E-state index in [-0.39, 0.29) is 0 Å². The normalized spacial score (nSPS) is 38.8. The van der Waals surface area contributed by atoms with Gasteiger partial charge in [0.2, 0.25) is 0 Å². The molecule has 1 nitrogen and oxygen atoms in total. The minimum absolute atomic E-state index is 0.517. The Morgan fingerprint density at radius 2 is 1.67 bits per heavy atom. The van der Waals surface area contributed by atoms with Crippen LogP contribution in [0.4, 0.5) is 0 Å². The van der Waals surface area contributed by atoms with Crippen LogP contribution in [-0.4, -0.2) is 6.04 Å². The van der Waals surface area contributed by atoms with Gasteiger partial charge in [0.25, 0.3) is 0 Å². The van der Waals surface area contributed by atoms with E-state index in [1.165, 1.54) is 44.9 Å². The molecule has 2 aliphatic rings. The summed E-state index contributed by atoms with van der Waals surface area (Å²) < 4.78 is 0. The summed E-state index contributed by atoms with van der Waals surface area (Å²) in [5, 5.41) is 0. The van der Waals surface area contributed by atoms with Gasteiger partial charge in [-0.3, -0.25) is 0 Å². The minimum atomic E-state index is 0.517. The van der Waals surface area contributed by atoms with Crippen molar-refractivity contribution in [2.45, 2.75) is 64.8 Å². The lowest BCUT2D eigenvalue weighted by Gasteiger charge is -2.39. The predicted octanol–water partition coefficient (Wildman–Crippen LogP) is 3.58. The van der Waals surface area contributed by atoms with Gasteiger partial charge in [0, 0.05) is 6.04 Å². The van der Waals surface area contributed by atoms with Crippen molar-refractivity contribution in [1.82, 2.24) is 0 Å². The Labute approximate surface area is 94.8 Å². The van der Waals surface area contributed by atoms with E-state index < -0.39 is 0 Å². The average Bonchev–Trinajstić information content (AvgIpc) is 2.71. The summed E-state index contributed by atoms with van der Waals surface area (Å²) in [5.74, 6) is 3.65. The van der Waals surface area contributed by atoms with Crippen molar-refractivity contribution in [3.05, 3.63) is 0 Å². The van der Waals surface area contributed by atoms with Gasteiger partial charge in [-0.25, -0.2) is 0 Å². The van der Waals surface area contributed by atoms with E-state index in [0.717, 1.165) is 23.7 Å². The fourth-order valence-electron chi connectivity index (χ4n) is 3.80. The predicted molar refractivity (Wildman–Crippen MR) is 65.6 cm³/mol. The molecule has 88 valence electrons. The molecular formula is C14H27N. The second kappa shape index (κ2) is 4.86. The minimum Gasteiger partial charge on any atom is -0.327 e. The van der Waals surface area contributed by atoms with Gasteiger partial charge in [0.15, 0.2) is 0 Å². The Hall–Kier alpha value is -0.0400. The molecule has 15 heavy (non-hydrogen) atoms. The first kappa shape index (κ1) is 11.4. The van der Waals surface area contributed by atoms with Crippen molar-refractivity contribution in [2.24, 2.45) is 29.4 Å². The first-order valence-electron chi connectivity index (χ1n) is 6.94. The van der Waals surface area contributed by atoms with Crippen molar-refractivity contribution < 1.29 is 0 Å². The van der Waals surface area contributed by atoms with Gasteiger partial charge in [0.1, 0.15) is 0 Å². The second-order valence-electron chi connectivity index (χ2n) is 6.19. The van der Waals surface area contributed by atoms with E-state index in [2.05, 4.69) is 13.8 Å². The molecule has 2 rings (SSSR count). The lowest BCUT2D eigenvalue weighted by Crippen LogP contribution is -2.40. The standard InChI is InChI=1S/C14H27N/c1-10(2)12-7-8-14(15)13(9-12)11-5-3-4-6-11/h10-14H,3-9,15H2,1-2H3. The molecule has 0 aromatic rings. The third kappa shape index (κ3) is 2.55. The first-order valence-corrected chi connectivity index (χ1v) is 6.94. The van der Waals surface area contributed by atoms with Crippen LogP contribution in [0.15, 0.2) is 0 Å². The lowest BCUT2D eigenvalue weighted by atomic mass is 9.69. The highest BCUT2D eigenvalue weighted by Gasteiger charge is 2.35. The van der Waals surface area contributed by atoms with Crippen LogP contribution < -0.4 is 5.73 Å². The summed E-state index contributed by atoms with van der Waals surface area (Å²) in [7, 11) is 0. The smallest absolute Gasteiger partial charge is 0.00700 e. The Bertz CT molecular complexity index is 194. The van der Waals surface area contributed by atoms with E-state index in [4.69, 9.17) is 5.73 Å². The molecule has 0 radical (unpaired) electrons. The molecule has 0 spiro atoms. The largest absolute Gasteiger partial charge is 0.327 e. The van der Waals surface area contributed by atoms with Crippen molar-refractivity contribution in [1.29, 1.82) is 0 Å². The van der Waals surface area contributed by atoms with Crippen LogP contribution in [0.3, 0.4) is 0 Å². The van der Waals surface area contributed by atoms with Gasteiger partial charge in [-0.05, 0) is 42.9 Å². The number of hydrogen-bond donors (Lipinski definition) is 1. The van der Waals surface area contributed by atoms with Crippen molar-refractivity contribution >= 4 is 0 Å². The van der Waals surface area contributed by atoms with Crippen molar-refractivity contribution in [3.63, 3.8) is 0 Å². The zero-order valence-corrected chi connectivity index (χ0v) is 10.4. The fourth-order valence-corrected chi connectivity index (χ4v) is 3.80. The molecule has 0 aliphatic heterocycles. The Kier molecular flexibility index (Phi) is 3.71. The zero-order chi connectivity index (χ0) is 10.8. The summed E-state index contributed by atoms with van der Waals surface area (Å²) in [4.78, 5) is 0. The highest BCUT2D eigenvalue weighted by molar-refractivity contribution is 4.89. The zero-order valence-electron chi connectivity index (χ0n) is 10.4. The van der Waals surface area contributed by atoms with Gasteiger partial charge in [0.05, 0.1) is 0 Å². The summed E-state index contributed by atoms with van der Waals surface area (Å²) in [5.41, 5.74) is 6.32. The SMILES string of the molecule is CC(C)C1CCC(N)C(C2CCCC2)C1. The van der Waals surface area contributed by atoms with Gasteiger partial charge < -0.3 is 5.73 Å². The van der Waals surface area contributed by atoms with E-state index in [1.807, 2.05) is 0 Å². The third-order valence-corrected chi connectivity index (χ3v) is 4.94. The lowest BCUT2D eigenvalue weighted by molar-refractivity contribution is 0.141. The highest BCUT2D eigenvalue weighted by Crippen LogP contribution is 2.42. The molecule has 0 aromatic carbocycles. The molecule has 0 heterocycles. The van der Waals surface area contributed by atoms with Crippen LogP contribution in [0.1, 0.15) is 58.8 Å². The van der Waals surface area contributed by atoms with Crippen LogP contribution in [-0.2, 0) is 0 Å². The number of rotatable bonds is 2. The number of hydrogen-bond acceptors (Lipinski definition) is 1. The maximum Gasteiger partial charge on any atom is 0.00700 e. The summed E-state index contributed by atoms with van der Waals surface area (Å²) in [6, 6.07) is 0.517. The molecule has 0 bridgehead atoms. The summed E-state index contributed by atoms with van der Waals surface area (Å²) in [6.07, 6.45) is 9.92. The van der Waals surface area contributed by atoms with E-state index in [0.29, 0.717) is 6.04 Å². The maximum atomic E-state index is 6.32. The van der Waals surface area contributed by atoms with Gasteiger partial charge >= 0.3 is 0 Å². The molecular weight excluding hydrogens is 182 g/mol. The topological polar surface area (TPSA) is 26.0 Å². The number of nitrogens with two attached hydrogens (primary N) is 1. The van der Waals surface area contributed by atoms with E-state index in [1.54, 1.807) is 0 Å². The van der Waals surface area contributed by atoms with Crippen LogP contribution in [0.25, 0.3) is 0 Å². The molecule has 2 N–H and O–H groups in total. The van der Waals surface area contributed by atoms with Gasteiger partial charge in [-0.1, -0.05) is 39.5 Å². The quantitative estimate of drug-likeness (QED) is 0.739. The van der Waals surface area contributed by atoms with Crippen LogP contribution in [0.2, 0.25) is 0 Å². The molecule has 0 amide bonds. The monoisotopic (exact) mass is 209 g/mol. The van der Waals surface area contributed by atoms with Crippen molar-refractivity contribution in [3.8, 4) is 0 Å². The second-order valence-corrected chi connectivity index (χ2v) is 6.19. The highest BCUT2D eigenvalue weighted by atomic mass is 14.7. The molecule has 3 unspecified atom stereocenters. The molecule has 0 aromatic heterocycles. The summed E-state index contributed by atoms with van der Waals surface area (Å²) in [6.45, 7) is 4.76. The molecule has 0 saturated heterocycles.